The highest BCUT2D eigenvalue weighted by atomic mass is 16.5. The molecule has 0 aromatic carbocycles. The molecule has 0 amide bonds. The first-order chi connectivity index (χ1) is 9.52. The Hall–Kier alpha value is -1.43. The molecule has 0 radical (unpaired) electrons. The topological polar surface area (TPSA) is 74.5 Å². The smallest absolute Gasteiger partial charge is 0.318 e. The molecular weight excluding hydrogens is 260 g/mol. The molecule has 0 spiro atoms. The Labute approximate surface area is 119 Å². The van der Waals surface area contributed by atoms with Gasteiger partial charge in [0.25, 0.3) is 0 Å². The molecule has 0 aliphatic carbocycles. The highest BCUT2D eigenvalue weighted by Gasteiger charge is 2.33. The van der Waals surface area contributed by atoms with Crippen LogP contribution in [0.1, 0.15) is 64.6 Å². The Morgan fingerprint density at radius 1 is 1.40 bits per heavy atom. The van der Waals surface area contributed by atoms with Crippen LogP contribution in [0.2, 0.25) is 0 Å². The number of rotatable bonds is 8. The van der Waals surface area contributed by atoms with Gasteiger partial charge in [-0.1, -0.05) is 25.4 Å². The first-order valence-electron chi connectivity index (χ1n) is 7.08. The van der Waals surface area contributed by atoms with Gasteiger partial charge in [-0.2, -0.15) is 4.98 Å². The highest BCUT2D eigenvalue weighted by molar-refractivity contribution is 5.76. The van der Waals surface area contributed by atoms with Gasteiger partial charge < -0.3 is 14.0 Å². The maximum absolute atomic E-state index is 12.0. The average Bonchev–Trinajstić information content (AvgIpc) is 2.94. The fourth-order valence-corrected chi connectivity index (χ4v) is 1.86. The number of hydrogen-bond acceptors (Lipinski definition) is 6. The SMILES string of the molecule is CCCC(C(=O)OCC)c1nc(C(C)(CC)OC)no1. The quantitative estimate of drug-likeness (QED) is 0.683. The van der Waals surface area contributed by atoms with Gasteiger partial charge in [0.15, 0.2) is 0 Å². The fraction of sp³-hybridized carbons (Fsp3) is 0.786. The summed E-state index contributed by atoms with van der Waals surface area (Å²) in [5.41, 5.74) is -0.604. The van der Waals surface area contributed by atoms with E-state index in [0.29, 0.717) is 31.2 Å². The van der Waals surface area contributed by atoms with Crippen molar-refractivity contribution in [1.29, 1.82) is 0 Å². The number of methoxy groups -OCH3 is 1. The van der Waals surface area contributed by atoms with Crippen molar-refractivity contribution < 1.29 is 18.8 Å². The monoisotopic (exact) mass is 284 g/mol. The largest absolute Gasteiger partial charge is 0.465 e. The zero-order chi connectivity index (χ0) is 15.2. The Morgan fingerprint density at radius 3 is 2.60 bits per heavy atom. The summed E-state index contributed by atoms with van der Waals surface area (Å²) in [7, 11) is 1.61. The second-order valence-corrected chi connectivity index (χ2v) is 4.84. The van der Waals surface area contributed by atoms with Crippen LogP contribution in [0.3, 0.4) is 0 Å². The Balaban J connectivity index is 2.99. The van der Waals surface area contributed by atoms with Crippen LogP contribution in [0, 0.1) is 0 Å². The van der Waals surface area contributed by atoms with Gasteiger partial charge in [0.2, 0.25) is 11.7 Å². The van der Waals surface area contributed by atoms with Gasteiger partial charge >= 0.3 is 5.97 Å². The zero-order valence-electron chi connectivity index (χ0n) is 12.9. The average molecular weight is 284 g/mol. The molecule has 1 aromatic rings. The number of aromatic nitrogens is 2. The summed E-state index contributed by atoms with van der Waals surface area (Å²) >= 11 is 0. The van der Waals surface area contributed by atoms with Crippen LogP contribution in [0.5, 0.6) is 0 Å². The maximum Gasteiger partial charge on any atom is 0.318 e. The lowest BCUT2D eigenvalue weighted by Gasteiger charge is -2.21. The van der Waals surface area contributed by atoms with E-state index >= 15 is 0 Å². The van der Waals surface area contributed by atoms with Gasteiger partial charge in [-0.05, 0) is 26.7 Å². The molecule has 1 aromatic heterocycles. The van der Waals surface area contributed by atoms with Crippen LogP contribution in [-0.4, -0.2) is 29.8 Å². The molecule has 1 rings (SSSR count). The minimum absolute atomic E-state index is 0.303. The molecule has 114 valence electrons. The Kier molecular flexibility index (Phi) is 6.13. The van der Waals surface area contributed by atoms with E-state index in [4.69, 9.17) is 14.0 Å². The zero-order valence-corrected chi connectivity index (χ0v) is 12.9. The number of carbonyl (C=O) groups is 1. The standard InChI is InChI=1S/C14H24N2O4/c1-6-9-10(12(17)19-8-3)11-15-13(16-20-11)14(4,7-2)18-5/h10H,6-9H2,1-5H3. The van der Waals surface area contributed by atoms with Crippen LogP contribution < -0.4 is 0 Å². The number of carbonyl (C=O) groups excluding carboxylic acids is 1. The van der Waals surface area contributed by atoms with E-state index in [2.05, 4.69) is 10.1 Å². The normalized spacial score (nSPS) is 15.7. The summed E-state index contributed by atoms with van der Waals surface area (Å²) in [5, 5.41) is 3.96. The minimum Gasteiger partial charge on any atom is -0.465 e. The molecule has 0 N–H and O–H groups in total. The summed E-state index contributed by atoms with van der Waals surface area (Å²) < 4.78 is 15.7. The third-order valence-electron chi connectivity index (χ3n) is 3.49. The van der Waals surface area contributed by atoms with Crippen LogP contribution in [0.25, 0.3) is 0 Å². The van der Waals surface area contributed by atoms with Crippen LogP contribution in [0.4, 0.5) is 0 Å². The van der Waals surface area contributed by atoms with Crippen LogP contribution >= 0.6 is 0 Å². The predicted molar refractivity (Wildman–Crippen MR) is 73.2 cm³/mol. The molecule has 20 heavy (non-hydrogen) atoms. The van der Waals surface area contributed by atoms with Crippen LogP contribution in [0.15, 0.2) is 4.52 Å². The lowest BCUT2D eigenvalue weighted by atomic mass is 10.0. The summed E-state index contributed by atoms with van der Waals surface area (Å²) in [6.45, 7) is 7.98. The van der Waals surface area contributed by atoms with Crippen molar-refractivity contribution in [1.82, 2.24) is 10.1 Å². The lowest BCUT2D eigenvalue weighted by Crippen LogP contribution is -2.25. The molecular formula is C14H24N2O4. The van der Waals surface area contributed by atoms with E-state index < -0.39 is 11.5 Å². The van der Waals surface area contributed by atoms with Crippen molar-refractivity contribution in [2.24, 2.45) is 0 Å². The molecule has 0 fully saturated rings. The molecule has 0 saturated heterocycles. The van der Waals surface area contributed by atoms with Crippen molar-refractivity contribution in [3.05, 3.63) is 11.7 Å². The summed E-state index contributed by atoms with van der Waals surface area (Å²) in [5.74, 6) is -0.0562. The van der Waals surface area contributed by atoms with Crippen molar-refractivity contribution in [2.75, 3.05) is 13.7 Å². The van der Waals surface area contributed by atoms with Gasteiger partial charge in [0, 0.05) is 7.11 Å². The summed E-state index contributed by atoms with van der Waals surface area (Å²) in [4.78, 5) is 16.3. The molecule has 6 nitrogen and oxygen atoms in total. The lowest BCUT2D eigenvalue weighted by molar-refractivity contribution is -0.145. The van der Waals surface area contributed by atoms with Crippen molar-refractivity contribution in [2.45, 2.75) is 58.5 Å². The summed E-state index contributed by atoms with van der Waals surface area (Å²) in [6.07, 6.45) is 2.16. The second-order valence-electron chi connectivity index (χ2n) is 4.84. The van der Waals surface area contributed by atoms with Gasteiger partial charge in [0.1, 0.15) is 11.5 Å². The van der Waals surface area contributed by atoms with Crippen molar-refractivity contribution >= 4 is 5.97 Å². The predicted octanol–water partition coefficient (Wildman–Crippen LogP) is 2.79. The highest BCUT2D eigenvalue weighted by Crippen LogP contribution is 2.28. The van der Waals surface area contributed by atoms with E-state index in [1.807, 2.05) is 20.8 Å². The van der Waals surface area contributed by atoms with E-state index in [1.165, 1.54) is 0 Å². The molecule has 0 saturated carbocycles. The minimum atomic E-state index is -0.604. The van der Waals surface area contributed by atoms with Crippen molar-refractivity contribution in [3.8, 4) is 0 Å². The van der Waals surface area contributed by atoms with Gasteiger partial charge in [0.05, 0.1) is 6.61 Å². The van der Waals surface area contributed by atoms with Crippen LogP contribution in [-0.2, 0) is 19.9 Å². The first-order valence-corrected chi connectivity index (χ1v) is 7.08. The van der Waals surface area contributed by atoms with Crippen molar-refractivity contribution in [3.63, 3.8) is 0 Å². The van der Waals surface area contributed by atoms with Gasteiger partial charge in [-0.15, -0.1) is 0 Å². The number of ether oxygens (including phenoxy) is 2. The molecule has 6 heteroatoms. The molecule has 0 bridgehead atoms. The third-order valence-corrected chi connectivity index (χ3v) is 3.49. The molecule has 2 unspecified atom stereocenters. The fourth-order valence-electron chi connectivity index (χ4n) is 1.86. The van der Waals surface area contributed by atoms with Gasteiger partial charge in [-0.3, -0.25) is 4.79 Å². The maximum atomic E-state index is 12.0. The summed E-state index contributed by atoms with van der Waals surface area (Å²) in [6, 6.07) is 0. The Morgan fingerprint density at radius 2 is 2.10 bits per heavy atom. The molecule has 0 aliphatic rings. The van der Waals surface area contributed by atoms with E-state index in [0.717, 1.165) is 6.42 Å². The van der Waals surface area contributed by atoms with E-state index in [-0.39, 0.29) is 5.97 Å². The number of nitrogens with zero attached hydrogens (tertiary/aromatic N) is 2. The number of esters is 1. The van der Waals surface area contributed by atoms with E-state index in [9.17, 15) is 4.79 Å². The molecule has 1 heterocycles. The van der Waals surface area contributed by atoms with Gasteiger partial charge in [-0.25, -0.2) is 0 Å². The molecule has 2 atom stereocenters. The van der Waals surface area contributed by atoms with E-state index in [1.54, 1.807) is 14.0 Å². The Bertz CT molecular complexity index is 427. The third kappa shape index (κ3) is 3.56. The first kappa shape index (κ1) is 16.6. The number of hydrogen-bond donors (Lipinski definition) is 0. The molecule has 0 aliphatic heterocycles. The second kappa shape index (κ2) is 7.38.